The molecular weight excluding hydrogens is 528 g/mol. The van der Waals surface area contributed by atoms with Gasteiger partial charge in [0.2, 0.25) is 0 Å². The molecule has 36 heavy (non-hydrogen) atoms. The summed E-state index contributed by atoms with van der Waals surface area (Å²) >= 11 is 3.34. The fourth-order valence-corrected chi connectivity index (χ4v) is 4.92. The van der Waals surface area contributed by atoms with E-state index in [2.05, 4.69) is 20.8 Å². The van der Waals surface area contributed by atoms with Crippen molar-refractivity contribution in [3.05, 3.63) is 63.6 Å². The number of halogens is 1. The zero-order chi connectivity index (χ0) is 25.7. The summed E-state index contributed by atoms with van der Waals surface area (Å²) in [5, 5.41) is 21.6. The van der Waals surface area contributed by atoms with Crippen LogP contribution < -0.4 is 4.74 Å². The topological polar surface area (TPSA) is 99.5 Å². The SMILES string of the molecule is CCCOc1ccc(C2C(=C(O)c3cc(Br)ccc3O)C(=O)C(=O)N2CCCN2CCOCC2)cc1. The Balaban J connectivity index is 1.68. The first-order valence-corrected chi connectivity index (χ1v) is 13.0. The third-order valence-corrected chi connectivity index (χ3v) is 6.89. The number of hydrogen-bond donors (Lipinski definition) is 2. The van der Waals surface area contributed by atoms with Crippen LogP contribution in [0.25, 0.3) is 5.76 Å². The number of aromatic hydroxyl groups is 1. The maximum absolute atomic E-state index is 13.2. The van der Waals surface area contributed by atoms with E-state index in [1.807, 2.05) is 19.1 Å². The van der Waals surface area contributed by atoms with E-state index >= 15 is 0 Å². The van der Waals surface area contributed by atoms with Gasteiger partial charge in [0.25, 0.3) is 11.7 Å². The molecular formula is C27H31BrN2O6. The molecule has 0 radical (unpaired) electrons. The Labute approximate surface area is 219 Å². The molecule has 0 bridgehead atoms. The molecule has 8 nitrogen and oxygen atoms in total. The van der Waals surface area contributed by atoms with Crippen LogP contribution in [0.5, 0.6) is 11.5 Å². The summed E-state index contributed by atoms with van der Waals surface area (Å²) in [6, 6.07) is 11.0. The van der Waals surface area contributed by atoms with E-state index in [4.69, 9.17) is 9.47 Å². The molecule has 2 aliphatic rings. The van der Waals surface area contributed by atoms with Gasteiger partial charge >= 0.3 is 0 Å². The van der Waals surface area contributed by atoms with Crippen molar-refractivity contribution in [1.29, 1.82) is 0 Å². The summed E-state index contributed by atoms with van der Waals surface area (Å²) in [6.07, 6.45) is 1.55. The highest BCUT2D eigenvalue weighted by Crippen LogP contribution is 2.41. The van der Waals surface area contributed by atoms with Crippen LogP contribution in [0.4, 0.5) is 0 Å². The molecule has 0 saturated carbocycles. The number of Topliss-reactive ketones (excluding diaryl/α,β-unsaturated/α-hetero) is 1. The third-order valence-electron chi connectivity index (χ3n) is 6.40. The molecule has 0 spiro atoms. The van der Waals surface area contributed by atoms with Crippen LogP contribution in [0.15, 0.2) is 52.5 Å². The first-order chi connectivity index (χ1) is 17.4. The Bertz CT molecular complexity index is 1130. The van der Waals surface area contributed by atoms with Gasteiger partial charge in [0, 0.05) is 30.7 Å². The molecule has 1 amide bonds. The molecule has 1 atom stereocenters. The van der Waals surface area contributed by atoms with Gasteiger partial charge in [-0.3, -0.25) is 14.5 Å². The lowest BCUT2D eigenvalue weighted by Gasteiger charge is -2.29. The number of carbonyl (C=O) groups is 2. The molecule has 2 saturated heterocycles. The van der Waals surface area contributed by atoms with Gasteiger partial charge < -0.3 is 24.6 Å². The maximum Gasteiger partial charge on any atom is 0.295 e. The predicted molar refractivity (Wildman–Crippen MR) is 139 cm³/mol. The Morgan fingerprint density at radius 1 is 1.11 bits per heavy atom. The van der Waals surface area contributed by atoms with Crippen molar-refractivity contribution in [3.63, 3.8) is 0 Å². The number of ether oxygens (including phenoxy) is 2. The molecule has 1 unspecified atom stereocenters. The van der Waals surface area contributed by atoms with E-state index in [9.17, 15) is 19.8 Å². The standard InChI is InChI=1S/C27H31BrN2O6/c1-2-14-36-20-7-4-18(5-8-20)24-23(25(32)21-17-19(28)6-9-22(21)31)26(33)27(34)30(24)11-3-10-29-12-15-35-16-13-29/h4-9,17,24,31-32H,2-3,10-16H2,1H3. The number of ketones is 1. The summed E-state index contributed by atoms with van der Waals surface area (Å²) in [7, 11) is 0. The second-order valence-corrected chi connectivity index (χ2v) is 9.79. The zero-order valence-corrected chi connectivity index (χ0v) is 21.9. The number of morpholine rings is 1. The second-order valence-electron chi connectivity index (χ2n) is 8.88. The van der Waals surface area contributed by atoms with Gasteiger partial charge in [-0.2, -0.15) is 0 Å². The number of phenols is 1. The lowest BCUT2D eigenvalue weighted by molar-refractivity contribution is -0.140. The van der Waals surface area contributed by atoms with Crippen molar-refractivity contribution in [1.82, 2.24) is 9.80 Å². The van der Waals surface area contributed by atoms with Gasteiger partial charge in [-0.15, -0.1) is 0 Å². The van der Waals surface area contributed by atoms with Gasteiger partial charge in [-0.05, 0) is 48.7 Å². The monoisotopic (exact) mass is 558 g/mol. The second kappa shape index (κ2) is 11.9. The minimum Gasteiger partial charge on any atom is -0.507 e. The first-order valence-electron chi connectivity index (χ1n) is 12.2. The number of amides is 1. The van der Waals surface area contributed by atoms with E-state index in [-0.39, 0.29) is 16.9 Å². The van der Waals surface area contributed by atoms with Crippen molar-refractivity contribution in [3.8, 4) is 11.5 Å². The molecule has 9 heteroatoms. The number of phenolic OH excluding ortho intramolecular Hbond substituents is 1. The highest BCUT2D eigenvalue weighted by molar-refractivity contribution is 9.10. The summed E-state index contributed by atoms with van der Waals surface area (Å²) in [5.74, 6) is -1.33. The van der Waals surface area contributed by atoms with Crippen molar-refractivity contribution in [2.24, 2.45) is 0 Å². The lowest BCUT2D eigenvalue weighted by atomic mass is 9.95. The average Bonchev–Trinajstić information content (AvgIpc) is 3.14. The quantitative estimate of drug-likeness (QED) is 0.271. The Morgan fingerprint density at radius 3 is 2.53 bits per heavy atom. The van der Waals surface area contributed by atoms with Crippen LogP contribution in [0, 0.1) is 0 Å². The fraction of sp³-hybridized carbons (Fsp3) is 0.407. The Morgan fingerprint density at radius 2 is 1.83 bits per heavy atom. The Kier molecular flexibility index (Phi) is 8.66. The number of benzene rings is 2. The largest absolute Gasteiger partial charge is 0.507 e. The third kappa shape index (κ3) is 5.74. The van der Waals surface area contributed by atoms with Crippen molar-refractivity contribution >= 4 is 33.4 Å². The Hall–Kier alpha value is -2.88. The molecule has 4 rings (SSSR count). The number of nitrogens with zero attached hydrogens (tertiary/aromatic N) is 2. The number of likely N-dealkylation sites (tertiary alicyclic amines) is 1. The number of rotatable bonds is 9. The summed E-state index contributed by atoms with van der Waals surface area (Å²) in [4.78, 5) is 30.2. The number of hydrogen-bond acceptors (Lipinski definition) is 7. The van der Waals surface area contributed by atoms with Gasteiger partial charge in [-0.1, -0.05) is 35.0 Å². The van der Waals surface area contributed by atoms with Gasteiger partial charge in [0.05, 0.1) is 37.0 Å². The summed E-state index contributed by atoms with van der Waals surface area (Å²) < 4.78 is 11.7. The smallest absolute Gasteiger partial charge is 0.295 e. The molecule has 2 aromatic rings. The zero-order valence-electron chi connectivity index (χ0n) is 20.3. The summed E-state index contributed by atoms with van der Waals surface area (Å²) in [5.41, 5.74) is 0.728. The predicted octanol–water partition coefficient (Wildman–Crippen LogP) is 4.09. The summed E-state index contributed by atoms with van der Waals surface area (Å²) in [6.45, 7) is 6.78. The average molecular weight is 559 g/mol. The molecule has 2 N–H and O–H groups in total. The van der Waals surface area contributed by atoms with E-state index in [1.54, 1.807) is 18.2 Å². The normalized spacial score (nSPS) is 20.2. The molecule has 0 aliphatic carbocycles. The number of aliphatic hydroxyl groups is 1. The van der Waals surface area contributed by atoms with Gasteiger partial charge in [-0.25, -0.2) is 0 Å². The molecule has 2 aliphatic heterocycles. The maximum atomic E-state index is 13.2. The van der Waals surface area contributed by atoms with E-state index < -0.39 is 23.5 Å². The molecule has 2 heterocycles. The number of carbonyl (C=O) groups excluding carboxylic acids is 2. The van der Waals surface area contributed by atoms with E-state index in [1.165, 1.54) is 17.0 Å². The van der Waals surface area contributed by atoms with E-state index in [0.717, 1.165) is 26.1 Å². The van der Waals surface area contributed by atoms with Gasteiger partial charge in [0.1, 0.15) is 17.3 Å². The molecule has 192 valence electrons. The first kappa shape index (κ1) is 26.2. The highest BCUT2D eigenvalue weighted by atomic mass is 79.9. The van der Waals surface area contributed by atoms with Crippen LogP contribution in [-0.4, -0.2) is 77.7 Å². The number of aliphatic hydroxyl groups excluding tert-OH is 1. The van der Waals surface area contributed by atoms with Gasteiger partial charge in [0.15, 0.2) is 0 Å². The van der Waals surface area contributed by atoms with Crippen molar-refractivity contribution in [2.75, 3.05) is 46.0 Å². The van der Waals surface area contributed by atoms with Crippen LogP contribution in [-0.2, 0) is 14.3 Å². The van der Waals surface area contributed by atoms with Crippen molar-refractivity contribution < 1.29 is 29.3 Å². The molecule has 2 aromatic carbocycles. The molecule has 2 fully saturated rings. The van der Waals surface area contributed by atoms with E-state index in [0.29, 0.717) is 48.6 Å². The minimum absolute atomic E-state index is 0.0398. The fourth-order valence-electron chi connectivity index (χ4n) is 4.56. The van der Waals surface area contributed by atoms with Crippen LogP contribution in [0.1, 0.15) is 36.9 Å². The van der Waals surface area contributed by atoms with Crippen LogP contribution in [0.3, 0.4) is 0 Å². The highest BCUT2D eigenvalue weighted by Gasteiger charge is 2.46. The molecule has 0 aromatic heterocycles. The van der Waals surface area contributed by atoms with Crippen molar-refractivity contribution in [2.45, 2.75) is 25.8 Å². The minimum atomic E-state index is -0.784. The van der Waals surface area contributed by atoms with Crippen LogP contribution >= 0.6 is 15.9 Å². The van der Waals surface area contributed by atoms with Crippen LogP contribution in [0.2, 0.25) is 0 Å². The lowest BCUT2D eigenvalue weighted by Crippen LogP contribution is -2.38.